The SMILES string of the molecule is CS(=O)(=O)Nc1cccc(CN)c1O. The van der Waals surface area contributed by atoms with Gasteiger partial charge in [0.05, 0.1) is 11.9 Å². The molecule has 0 bridgehead atoms. The van der Waals surface area contributed by atoms with Crippen LogP contribution in [0.4, 0.5) is 5.69 Å². The Morgan fingerprint density at radius 2 is 2.14 bits per heavy atom. The van der Waals surface area contributed by atoms with Crippen molar-refractivity contribution in [3.63, 3.8) is 0 Å². The molecule has 1 aromatic carbocycles. The van der Waals surface area contributed by atoms with Crippen molar-refractivity contribution in [2.24, 2.45) is 5.73 Å². The molecule has 6 heteroatoms. The molecule has 0 aliphatic rings. The van der Waals surface area contributed by atoms with Crippen LogP contribution in [0, 0.1) is 0 Å². The highest BCUT2D eigenvalue weighted by atomic mass is 32.2. The zero-order valence-electron chi connectivity index (χ0n) is 7.69. The third-order valence-electron chi connectivity index (χ3n) is 1.63. The second kappa shape index (κ2) is 3.85. The largest absolute Gasteiger partial charge is 0.505 e. The van der Waals surface area contributed by atoms with E-state index in [4.69, 9.17) is 5.73 Å². The van der Waals surface area contributed by atoms with Crippen molar-refractivity contribution in [3.05, 3.63) is 23.8 Å². The number of phenolic OH excluding ortho intramolecular Hbond substituents is 1. The van der Waals surface area contributed by atoms with Crippen molar-refractivity contribution in [3.8, 4) is 5.75 Å². The van der Waals surface area contributed by atoms with Crippen molar-refractivity contribution in [2.75, 3.05) is 11.0 Å². The predicted octanol–water partition coefficient (Wildman–Crippen LogP) is 0.222. The number of hydrogen-bond donors (Lipinski definition) is 3. The van der Waals surface area contributed by atoms with Crippen LogP contribution >= 0.6 is 0 Å². The van der Waals surface area contributed by atoms with Gasteiger partial charge in [0.15, 0.2) is 0 Å². The molecule has 0 heterocycles. The van der Waals surface area contributed by atoms with E-state index in [0.717, 1.165) is 6.26 Å². The molecule has 0 aromatic heterocycles. The van der Waals surface area contributed by atoms with E-state index in [1.807, 2.05) is 0 Å². The van der Waals surface area contributed by atoms with Gasteiger partial charge in [-0.25, -0.2) is 8.42 Å². The van der Waals surface area contributed by atoms with Gasteiger partial charge in [0.25, 0.3) is 0 Å². The molecular formula is C8H12N2O3S. The maximum absolute atomic E-state index is 10.9. The molecule has 14 heavy (non-hydrogen) atoms. The Labute approximate surface area is 82.6 Å². The van der Waals surface area contributed by atoms with Gasteiger partial charge in [-0.2, -0.15) is 0 Å². The van der Waals surface area contributed by atoms with Crippen molar-refractivity contribution >= 4 is 15.7 Å². The quantitative estimate of drug-likeness (QED) is 0.630. The van der Waals surface area contributed by atoms with E-state index in [9.17, 15) is 13.5 Å². The first kappa shape index (κ1) is 10.8. The molecule has 0 aliphatic carbocycles. The average molecular weight is 216 g/mol. The number of nitrogens with two attached hydrogens (primary N) is 1. The van der Waals surface area contributed by atoms with Crippen molar-refractivity contribution in [2.45, 2.75) is 6.54 Å². The molecule has 78 valence electrons. The molecule has 0 aliphatic heterocycles. The minimum atomic E-state index is -3.38. The normalized spacial score (nSPS) is 11.3. The fraction of sp³-hybridized carbons (Fsp3) is 0.250. The standard InChI is InChI=1S/C8H12N2O3S/c1-14(12,13)10-7-4-2-3-6(5-9)8(7)11/h2-4,10-11H,5,9H2,1H3. The van der Waals surface area contributed by atoms with Crippen LogP contribution in [0.25, 0.3) is 0 Å². The van der Waals surface area contributed by atoms with Gasteiger partial charge in [-0.15, -0.1) is 0 Å². The number of nitrogens with one attached hydrogen (secondary N) is 1. The lowest BCUT2D eigenvalue weighted by Crippen LogP contribution is -2.10. The van der Waals surface area contributed by atoms with Gasteiger partial charge in [-0.1, -0.05) is 12.1 Å². The van der Waals surface area contributed by atoms with Crippen LogP contribution in [0.5, 0.6) is 5.75 Å². The van der Waals surface area contributed by atoms with Crippen LogP contribution < -0.4 is 10.5 Å². The van der Waals surface area contributed by atoms with Crippen molar-refractivity contribution < 1.29 is 13.5 Å². The number of para-hydroxylation sites is 1. The Kier molecular flexibility index (Phi) is 2.97. The third-order valence-corrected chi connectivity index (χ3v) is 2.23. The Hall–Kier alpha value is -1.27. The van der Waals surface area contributed by atoms with Crippen molar-refractivity contribution in [1.29, 1.82) is 0 Å². The second-order valence-corrected chi connectivity index (χ2v) is 4.64. The Bertz CT molecular complexity index is 428. The number of rotatable bonds is 3. The lowest BCUT2D eigenvalue weighted by Gasteiger charge is -2.08. The number of hydrogen-bond acceptors (Lipinski definition) is 4. The van der Waals surface area contributed by atoms with E-state index >= 15 is 0 Å². The van der Waals surface area contributed by atoms with Gasteiger partial charge in [0.2, 0.25) is 10.0 Å². The van der Waals surface area contributed by atoms with Gasteiger partial charge in [-0.05, 0) is 6.07 Å². The summed E-state index contributed by atoms with van der Waals surface area (Å²) in [5.41, 5.74) is 5.99. The minimum Gasteiger partial charge on any atom is -0.505 e. The zero-order valence-corrected chi connectivity index (χ0v) is 8.50. The summed E-state index contributed by atoms with van der Waals surface area (Å²) in [5.74, 6) is -0.125. The molecule has 5 nitrogen and oxygen atoms in total. The molecule has 0 saturated carbocycles. The summed E-state index contributed by atoms with van der Waals surface area (Å²) < 4.78 is 24.0. The molecule has 0 unspecified atom stereocenters. The van der Waals surface area contributed by atoms with Crippen LogP contribution in [0.2, 0.25) is 0 Å². The minimum absolute atomic E-state index is 0.125. The summed E-state index contributed by atoms with van der Waals surface area (Å²) in [6.07, 6.45) is 1.02. The number of sulfonamides is 1. The Balaban J connectivity index is 3.10. The Morgan fingerprint density at radius 3 is 2.64 bits per heavy atom. The van der Waals surface area contributed by atoms with Crippen LogP contribution in [0.1, 0.15) is 5.56 Å². The first-order chi connectivity index (χ1) is 6.44. The maximum atomic E-state index is 10.9. The van der Waals surface area contributed by atoms with E-state index in [1.54, 1.807) is 12.1 Å². The highest BCUT2D eigenvalue weighted by molar-refractivity contribution is 7.92. The van der Waals surface area contributed by atoms with Gasteiger partial charge in [0, 0.05) is 12.1 Å². The van der Waals surface area contributed by atoms with Crippen molar-refractivity contribution in [1.82, 2.24) is 0 Å². The van der Waals surface area contributed by atoms with Crippen LogP contribution in [-0.2, 0) is 16.6 Å². The van der Waals surface area contributed by atoms with E-state index in [-0.39, 0.29) is 18.0 Å². The molecule has 1 rings (SSSR count). The lowest BCUT2D eigenvalue weighted by atomic mass is 10.2. The zero-order chi connectivity index (χ0) is 10.8. The molecule has 0 atom stereocenters. The molecule has 4 N–H and O–H groups in total. The number of benzene rings is 1. The van der Waals surface area contributed by atoms with Crippen LogP contribution in [-0.4, -0.2) is 19.8 Å². The first-order valence-electron chi connectivity index (χ1n) is 3.93. The van der Waals surface area contributed by atoms with Gasteiger partial charge in [-0.3, -0.25) is 4.72 Å². The topological polar surface area (TPSA) is 92.4 Å². The number of aromatic hydroxyl groups is 1. The molecule has 0 amide bonds. The van der Waals surface area contributed by atoms with E-state index in [0.29, 0.717) is 5.56 Å². The number of phenols is 1. The molecule has 1 aromatic rings. The fourth-order valence-electron chi connectivity index (χ4n) is 1.04. The predicted molar refractivity (Wildman–Crippen MR) is 54.5 cm³/mol. The van der Waals surface area contributed by atoms with Gasteiger partial charge in [0.1, 0.15) is 5.75 Å². The smallest absolute Gasteiger partial charge is 0.229 e. The molecule has 0 spiro atoms. The highest BCUT2D eigenvalue weighted by Gasteiger charge is 2.08. The summed E-state index contributed by atoms with van der Waals surface area (Å²) >= 11 is 0. The monoisotopic (exact) mass is 216 g/mol. The third kappa shape index (κ3) is 2.61. The van der Waals surface area contributed by atoms with E-state index < -0.39 is 10.0 Å². The molecule has 0 saturated heterocycles. The summed E-state index contributed by atoms with van der Waals surface area (Å²) in [6.45, 7) is 0.158. The molecule has 0 radical (unpaired) electrons. The summed E-state index contributed by atoms with van der Waals surface area (Å²) in [6, 6.07) is 4.72. The second-order valence-electron chi connectivity index (χ2n) is 2.89. The van der Waals surface area contributed by atoms with Gasteiger partial charge < -0.3 is 10.8 Å². The summed E-state index contributed by atoms with van der Waals surface area (Å²) in [4.78, 5) is 0. The fourth-order valence-corrected chi connectivity index (χ4v) is 1.60. The highest BCUT2D eigenvalue weighted by Crippen LogP contribution is 2.27. The molecular weight excluding hydrogens is 204 g/mol. The molecule has 0 fully saturated rings. The maximum Gasteiger partial charge on any atom is 0.229 e. The van der Waals surface area contributed by atoms with Gasteiger partial charge >= 0.3 is 0 Å². The number of anilines is 1. The average Bonchev–Trinajstić information content (AvgIpc) is 2.06. The summed E-state index contributed by atoms with van der Waals surface area (Å²) in [5, 5.41) is 9.55. The van der Waals surface area contributed by atoms with Crippen LogP contribution in [0.3, 0.4) is 0 Å². The van der Waals surface area contributed by atoms with E-state index in [2.05, 4.69) is 4.72 Å². The Morgan fingerprint density at radius 1 is 1.50 bits per heavy atom. The first-order valence-corrected chi connectivity index (χ1v) is 5.82. The lowest BCUT2D eigenvalue weighted by molar-refractivity contribution is 0.471. The van der Waals surface area contributed by atoms with Crippen LogP contribution in [0.15, 0.2) is 18.2 Å². The van der Waals surface area contributed by atoms with E-state index in [1.165, 1.54) is 6.07 Å². The summed E-state index contributed by atoms with van der Waals surface area (Å²) in [7, 11) is -3.38.